The molecule has 6 heteroatoms. The van der Waals surface area contributed by atoms with Crippen molar-refractivity contribution in [2.75, 3.05) is 0 Å². The van der Waals surface area contributed by atoms with Gasteiger partial charge in [-0.3, -0.25) is 0 Å². The number of thiophene rings is 1. The zero-order valence-electron chi connectivity index (χ0n) is 7.14. The van der Waals surface area contributed by atoms with Gasteiger partial charge in [-0.15, -0.1) is 24.5 Å². The van der Waals surface area contributed by atoms with Crippen molar-refractivity contribution in [3.63, 3.8) is 0 Å². The summed E-state index contributed by atoms with van der Waals surface area (Å²) in [5.74, 6) is -0.289. The van der Waals surface area contributed by atoms with Gasteiger partial charge in [0.1, 0.15) is 5.75 Å². The van der Waals surface area contributed by atoms with E-state index in [0.29, 0.717) is 4.70 Å². The van der Waals surface area contributed by atoms with Gasteiger partial charge in [0.15, 0.2) is 0 Å². The minimum absolute atomic E-state index is 0.257. The van der Waals surface area contributed by atoms with Crippen LogP contribution in [0.15, 0.2) is 23.6 Å². The van der Waals surface area contributed by atoms with Gasteiger partial charge in [0.2, 0.25) is 0 Å². The van der Waals surface area contributed by atoms with E-state index in [-0.39, 0.29) is 10.8 Å². The monoisotopic (exact) mass is 252 g/mol. The molecule has 1 heterocycles. The van der Waals surface area contributed by atoms with Gasteiger partial charge in [-0.1, -0.05) is 11.6 Å². The molecule has 0 fully saturated rings. The molecule has 0 atom stereocenters. The first-order valence-corrected chi connectivity index (χ1v) is 5.14. The topological polar surface area (TPSA) is 9.23 Å². The van der Waals surface area contributed by atoms with Gasteiger partial charge in [-0.05, 0) is 23.6 Å². The average Bonchev–Trinajstić information content (AvgIpc) is 2.48. The van der Waals surface area contributed by atoms with Crippen molar-refractivity contribution in [3.8, 4) is 5.75 Å². The SMILES string of the molecule is FC(F)(F)Oc1cc(Cl)c2ccsc2c1. The summed E-state index contributed by atoms with van der Waals surface area (Å²) in [6.45, 7) is 0. The van der Waals surface area contributed by atoms with Gasteiger partial charge in [0.25, 0.3) is 0 Å². The average molecular weight is 253 g/mol. The Kier molecular flexibility index (Phi) is 2.52. The van der Waals surface area contributed by atoms with E-state index in [2.05, 4.69) is 4.74 Å². The third-order valence-corrected chi connectivity index (χ3v) is 2.90. The summed E-state index contributed by atoms with van der Waals surface area (Å²) < 4.78 is 40.3. The van der Waals surface area contributed by atoms with Crippen LogP contribution in [-0.2, 0) is 0 Å². The van der Waals surface area contributed by atoms with Crippen molar-refractivity contribution in [3.05, 3.63) is 28.6 Å². The number of hydrogen-bond acceptors (Lipinski definition) is 2. The number of rotatable bonds is 1. The maximum absolute atomic E-state index is 11.9. The Hall–Kier alpha value is -0.940. The molecule has 0 saturated carbocycles. The highest BCUT2D eigenvalue weighted by atomic mass is 35.5. The van der Waals surface area contributed by atoms with Crippen molar-refractivity contribution >= 4 is 33.0 Å². The number of halogens is 4. The molecule has 1 nitrogen and oxygen atoms in total. The van der Waals surface area contributed by atoms with E-state index in [1.807, 2.05) is 0 Å². The lowest BCUT2D eigenvalue weighted by molar-refractivity contribution is -0.274. The molecule has 15 heavy (non-hydrogen) atoms. The second-order valence-corrected chi connectivity index (χ2v) is 4.14. The molecule has 80 valence electrons. The van der Waals surface area contributed by atoms with Crippen LogP contribution in [0.5, 0.6) is 5.75 Å². The summed E-state index contributed by atoms with van der Waals surface area (Å²) in [6.07, 6.45) is -4.69. The fraction of sp³-hybridized carbons (Fsp3) is 0.111. The predicted octanol–water partition coefficient (Wildman–Crippen LogP) is 4.45. The first-order chi connectivity index (χ1) is 6.96. The molecule has 0 saturated heterocycles. The van der Waals surface area contributed by atoms with Crippen LogP contribution in [0.4, 0.5) is 13.2 Å². The summed E-state index contributed by atoms with van der Waals surface area (Å²) in [4.78, 5) is 0. The van der Waals surface area contributed by atoms with Crippen LogP contribution in [0.1, 0.15) is 0 Å². The number of ether oxygens (including phenoxy) is 1. The molecule has 0 radical (unpaired) electrons. The zero-order valence-corrected chi connectivity index (χ0v) is 8.71. The quantitative estimate of drug-likeness (QED) is 0.728. The molecule has 0 aliphatic carbocycles. The van der Waals surface area contributed by atoms with E-state index in [1.54, 1.807) is 11.4 Å². The highest BCUT2D eigenvalue weighted by Crippen LogP contribution is 2.34. The molecule has 0 aliphatic rings. The van der Waals surface area contributed by atoms with E-state index in [1.165, 1.54) is 17.4 Å². The normalized spacial score (nSPS) is 12.0. The molecule has 1 aromatic carbocycles. The highest BCUT2D eigenvalue weighted by Gasteiger charge is 2.31. The van der Waals surface area contributed by atoms with E-state index >= 15 is 0 Å². The zero-order chi connectivity index (χ0) is 11.1. The van der Waals surface area contributed by atoms with Crippen molar-refractivity contribution in [1.82, 2.24) is 0 Å². The van der Waals surface area contributed by atoms with Gasteiger partial charge >= 0.3 is 6.36 Å². The van der Waals surface area contributed by atoms with Crippen molar-refractivity contribution in [2.24, 2.45) is 0 Å². The van der Waals surface area contributed by atoms with Gasteiger partial charge in [0, 0.05) is 10.1 Å². The Labute approximate surface area is 92.0 Å². The summed E-state index contributed by atoms with van der Waals surface area (Å²) in [6, 6.07) is 4.23. The summed E-state index contributed by atoms with van der Waals surface area (Å²) in [5, 5.41) is 2.75. The molecule has 0 amide bonds. The molecule has 0 N–H and O–H groups in total. The third-order valence-electron chi connectivity index (χ3n) is 1.73. The minimum atomic E-state index is -4.69. The largest absolute Gasteiger partial charge is 0.573 e. The molecule has 2 aromatic rings. The van der Waals surface area contributed by atoms with E-state index < -0.39 is 6.36 Å². The standard InChI is InChI=1S/C9H4ClF3OS/c10-7-3-5(14-9(11,12)13)4-8-6(7)1-2-15-8/h1-4H. The lowest BCUT2D eigenvalue weighted by Crippen LogP contribution is -2.16. The molecule has 0 bridgehead atoms. The van der Waals surface area contributed by atoms with Crippen LogP contribution < -0.4 is 4.74 Å². The summed E-state index contributed by atoms with van der Waals surface area (Å²) in [5.41, 5.74) is 0. The molecular weight excluding hydrogens is 249 g/mol. The molecule has 0 unspecified atom stereocenters. The van der Waals surface area contributed by atoms with Gasteiger partial charge in [-0.2, -0.15) is 0 Å². The fourth-order valence-corrected chi connectivity index (χ4v) is 2.36. The minimum Gasteiger partial charge on any atom is -0.406 e. The third kappa shape index (κ3) is 2.35. The van der Waals surface area contributed by atoms with Gasteiger partial charge in [0.05, 0.1) is 5.02 Å². The number of alkyl halides is 3. The first kappa shape index (κ1) is 10.6. The van der Waals surface area contributed by atoms with Crippen LogP contribution in [0.3, 0.4) is 0 Å². The maximum atomic E-state index is 11.9. The molecule has 1 aromatic heterocycles. The Morgan fingerprint density at radius 2 is 2.00 bits per heavy atom. The van der Waals surface area contributed by atoms with Crippen molar-refractivity contribution < 1.29 is 17.9 Å². The second kappa shape index (κ2) is 3.57. The second-order valence-electron chi connectivity index (χ2n) is 2.79. The molecular formula is C9H4ClF3OS. The predicted molar refractivity (Wildman–Crippen MR) is 53.5 cm³/mol. The van der Waals surface area contributed by atoms with Crippen LogP contribution in [0.2, 0.25) is 5.02 Å². The first-order valence-electron chi connectivity index (χ1n) is 3.88. The number of hydrogen-bond donors (Lipinski definition) is 0. The lowest BCUT2D eigenvalue weighted by Gasteiger charge is -2.09. The van der Waals surface area contributed by atoms with E-state index in [0.717, 1.165) is 11.5 Å². The van der Waals surface area contributed by atoms with Crippen molar-refractivity contribution in [1.29, 1.82) is 0 Å². The van der Waals surface area contributed by atoms with Crippen LogP contribution in [-0.4, -0.2) is 6.36 Å². The Bertz CT molecular complexity index is 492. The molecule has 0 aliphatic heterocycles. The van der Waals surface area contributed by atoms with Gasteiger partial charge in [-0.25, -0.2) is 0 Å². The molecule has 0 spiro atoms. The molecule has 2 rings (SSSR count). The van der Waals surface area contributed by atoms with Crippen molar-refractivity contribution in [2.45, 2.75) is 6.36 Å². The maximum Gasteiger partial charge on any atom is 0.573 e. The fourth-order valence-electron chi connectivity index (χ4n) is 1.20. The summed E-state index contributed by atoms with van der Waals surface area (Å²) in [7, 11) is 0. The Balaban J connectivity index is 2.45. The van der Waals surface area contributed by atoms with Crippen LogP contribution >= 0.6 is 22.9 Å². The van der Waals surface area contributed by atoms with E-state index in [4.69, 9.17) is 11.6 Å². The van der Waals surface area contributed by atoms with Crippen LogP contribution in [0, 0.1) is 0 Å². The van der Waals surface area contributed by atoms with Crippen LogP contribution in [0.25, 0.3) is 10.1 Å². The Morgan fingerprint density at radius 3 is 2.67 bits per heavy atom. The number of fused-ring (bicyclic) bond motifs is 1. The van der Waals surface area contributed by atoms with Gasteiger partial charge < -0.3 is 4.74 Å². The van der Waals surface area contributed by atoms with E-state index in [9.17, 15) is 13.2 Å². The summed E-state index contributed by atoms with van der Waals surface area (Å²) >= 11 is 7.10. The number of benzene rings is 1. The highest BCUT2D eigenvalue weighted by molar-refractivity contribution is 7.17. The smallest absolute Gasteiger partial charge is 0.406 e. The Morgan fingerprint density at radius 1 is 1.27 bits per heavy atom. The lowest BCUT2D eigenvalue weighted by atomic mass is 10.2.